The van der Waals surface area contributed by atoms with Crippen LogP contribution in [0.4, 0.5) is 38.9 Å². The van der Waals surface area contributed by atoms with Gasteiger partial charge in [0.2, 0.25) is 5.95 Å². The molecule has 29 heavy (non-hydrogen) atoms. The van der Waals surface area contributed by atoms with Crippen molar-refractivity contribution in [1.82, 2.24) is 9.97 Å². The van der Waals surface area contributed by atoms with E-state index in [1.54, 1.807) is 19.9 Å². The molecule has 0 radical (unpaired) electrons. The van der Waals surface area contributed by atoms with Gasteiger partial charge in [-0.2, -0.15) is 4.98 Å². The minimum absolute atomic E-state index is 0.000539. The molecule has 0 amide bonds. The Morgan fingerprint density at radius 1 is 0.897 bits per heavy atom. The second-order valence-corrected chi connectivity index (χ2v) is 6.15. The molecular weight excluding hydrogens is 383 g/mol. The molecule has 1 heterocycles. The first-order valence-corrected chi connectivity index (χ1v) is 8.31. The second kappa shape index (κ2) is 7.84. The Morgan fingerprint density at radius 3 is 1.93 bits per heavy atom. The van der Waals surface area contributed by atoms with E-state index in [0.717, 1.165) is 6.20 Å². The number of halogens is 1. The first-order chi connectivity index (χ1) is 13.7. The highest BCUT2D eigenvalue weighted by molar-refractivity contribution is 5.66. The molecule has 0 aliphatic rings. The van der Waals surface area contributed by atoms with Crippen molar-refractivity contribution in [2.45, 2.75) is 13.8 Å². The van der Waals surface area contributed by atoms with Gasteiger partial charge in [0.25, 0.3) is 11.4 Å². The van der Waals surface area contributed by atoms with Crippen molar-refractivity contribution in [1.29, 1.82) is 0 Å². The molecule has 3 rings (SSSR count). The number of aromatic nitrogens is 2. The van der Waals surface area contributed by atoms with Crippen LogP contribution in [0.1, 0.15) is 11.1 Å². The number of nitro benzene ring substituents is 2. The van der Waals surface area contributed by atoms with E-state index >= 15 is 0 Å². The van der Waals surface area contributed by atoms with E-state index in [1.807, 2.05) is 0 Å². The predicted molar refractivity (Wildman–Crippen MR) is 104 cm³/mol. The number of nitro groups is 2. The minimum Gasteiger partial charge on any atom is -0.337 e. The summed E-state index contributed by atoms with van der Waals surface area (Å²) in [7, 11) is 0. The molecule has 2 N–H and O–H groups in total. The van der Waals surface area contributed by atoms with Gasteiger partial charge in [0.15, 0.2) is 11.6 Å². The maximum atomic E-state index is 14.2. The van der Waals surface area contributed by atoms with Gasteiger partial charge >= 0.3 is 0 Å². The van der Waals surface area contributed by atoms with Crippen LogP contribution in [0.25, 0.3) is 0 Å². The third-order valence-electron chi connectivity index (χ3n) is 4.11. The van der Waals surface area contributed by atoms with E-state index in [0.29, 0.717) is 22.5 Å². The summed E-state index contributed by atoms with van der Waals surface area (Å²) in [6.45, 7) is 3.44. The number of nitrogens with one attached hydrogen (secondary N) is 2. The average Bonchev–Trinajstić information content (AvgIpc) is 2.67. The third kappa shape index (κ3) is 4.40. The highest BCUT2D eigenvalue weighted by Gasteiger charge is 2.14. The van der Waals surface area contributed by atoms with Gasteiger partial charge < -0.3 is 10.6 Å². The summed E-state index contributed by atoms with van der Waals surface area (Å²) in [6.07, 6.45) is 0.928. The first kappa shape index (κ1) is 19.6. The fraction of sp³-hybridized carbons (Fsp3) is 0.111. The Kier molecular flexibility index (Phi) is 5.30. The molecule has 1 aromatic heterocycles. The molecule has 0 saturated heterocycles. The van der Waals surface area contributed by atoms with Gasteiger partial charge in [0.05, 0.1) is 21.7 Å². The second-order valence-electron chi connectivity index (χ2n) is 6.15. The van der Waals surface area contributed by atoms with Crippen LogP contribution in [-0.4, -0.2) is 19.8 Å². The van der Waals surface area contributed by atoms with Crippen LogP contribution in [0.2, 0.25) is 0 Å². The Labute approximate surface area is 163 Å². The van der Waals surface area contributed by atoms with Crippen LogP contribution in [0, 0.1) is 39.9 Å². The lowest BCUT2D eigenvalue weighted by Gasteiger charge is -2.12. The smallest absolute Gasteiger partial charge is 0.271 e. The lowest BCUT2D eigenvalue weighted by Crippen LogP contribution is -2.05. The quantitative estimate of drug-likeness (QED) is 0.456. The molecule has 0 saturated carbocycles. The van der Waals surface area contributed by atoms with Crippen LogP contribution in [0.3, 0.4) is 0 Å². The normalized spacial score (nSPS) is 10.4. The first-order valence-electron chi connectivity index (χ1n) is 8.31. The molecule has 10 nitrogen and oxygen atoms in total. The summed E-state index contributed by atoms with van der Waals surface area (Å²) in [5, 5.41) is 27.5. The number of nitrogens with zero attached hydrogens (tertiary/aromatic N) is 4. The fourth-order valence-electron chi connectivity index (χ4n) is 2.48. The zero-order chi connectivity index (χ0) is 21.1. The summed E-state index contributed by atoms with van der Waals surface area (Å²) in [4.78, 5) is 28.7. The molecule has 0 aliphatic carbocycles. The van der Waals surface area contributed by atoms with Crippen LogP contribution < -0.4 is 10.6 Å². The Morgan fingerprint density at radius 2 is 1.41 bits per heavy atom. The molecule has 0 atom stereocenters. The molecular formula is C18H15FN6O4. The van der Waals surface area contributed by atoms with E-state index in [1.165, 1.54) is 30.3 Å². The predicted octanol–water partition coefficient (Wildman–Crippen LogP) is 4.54. The summed E-state index contributed by atoms with van der Waals surface area (Å²) >= 11 is 0. The molecule has 3 aromatic rings. The van der Waals surface area contributed by atoms with Gasteiger partial charge in [-0.05, 0) is 25.0 Å². The van der Waals surface area contributed by atoms with Gasteiger partial charge in [-0.1, -0.05) is 12.1 Å². The SMILES string of the molecule is Cc1ccc([N+](=O)[O-])cc1Nc1ncc(F)c(Nc2cc([N+](=O)[O-])ccc2C)n1. The van der Waals surface area contributed by atoms with E-state index in [2.05, 4.69) is 20.6 Å². The van der Waals surface area contributed by atoms with Crippen molar-refractivity contribution in [2.75, 3.05) is 10.6 Å². The Hall–Kier alpha value is -4.15. The number of benzene rings is 2. The number of rotatable bonds is 6. The van der Waals surface area contributed by atoms with Crippen molar-refractivity contribution < 1.29 is 14.2 Å². The van der Waals surface area contributed by atoms with Crippen molar-refractivity contribution in [3.05, 3.63) is 79.8 Å². The fourth-order valence-corrected chi connectivity index (χ4v) is 2.48. The molecule has 148 valence electrons. The van der Waals surface area contributed by atoms with Gasteiger partial charge in [-0.3, -0.25) is 20.2 Å². The van der Waals surface area contributed by atoms with Crippen LogP contribution in [0.5, 0.6) is 0 Å². The number of hydrogen-bond acceptors (Lipinski definition) is 8. The van der Waals surface area contributed by atoms with E-state index < -0.39 is 15.7 Å². The van der Waals surface area contributed by atoms with Crippen molar-refractivity contribution >= 4 is 34.5 Å². The standard InChI is InChI=1S/C18H15FN6O4/c1-10-3-5-12(24(26)27)7-15(10)21-17-14(19)9-20-18(23-17)22-16-8-13(25(28)29)6-4-11(16)2/h3-9H,1-2H3,(H2,20,21,22,23). The minimum atomic E-state index is -0.766. The number of hydrogen-bond donors (Lipinski definition) is 2. The zero-order valence-corrected chi connectivity index (χ0v) is 15.3. The monoisotopic (exact) mass is 398 g/mol. The van der Waals surface area contributed by atoms with E-state index in [-0.39, 0.29) is 23.1 Å². The van der Waals surface area contributed by atoms with Crippen molar-refractivity contribution in [3.63, 3.8) is 0 Å². The average molecular weight is 398 g/mol. The van der Waals surface area contributed by atoms with Crippen LogP contribution >= 0.6 is 0 Å². The number of anilines is 4. The van der Waals surface area contributed by atoms with Gasteiger partial charge in [-0.25, -0.2) is 9.37 Å². The Balaban J connectivity index is 1.92. The Bertz CT molecular complexity index is 1120. The molecule has 0 unspecified atom stereocenters. The molecule has 0 spiro atoms. The van der Waals surface area contributed by atoms with Gasteiger partial charge in [0.1, 0.15) is 0 Å². The largest absolute Gasteiger partial charge is 0.337 e. The van der Waals surface area contributed by atoms with Crippen LogP contribution in [0.15, 0.2) is 42.6 Å². The highest BCUT2D eigenvalue weighted by atomic mass is 19.1. The highest BCUT2D eigenvalue weighted by Crippen LogP contribution is 2.28. The summed E-state index contributed by atoms with van der Waals surface area (Å²) in [6, 6.07) is 8.40. The summed E-state index contributed by atoms with van der Waals surface area (Å²) in [5.74, 6) is -0.966. The topological polar surface area (TPSA) is 136 Å². The zero-order valence-electron chi connectivity index (χ0n) is 15.3. The van der Waals surface area contributed by atoms with Crippen molar-refractivity contribution in [2.24, 2.45) is 0 Å². The molecule has 0 aliphatic heterocycles. The third-order valence-corrected chi connectivity index (χ3v) is 4.11. The molecule has 11 heteroatoms. The van der Waals surface area contributed by atoms with E-state index in [4.69, 9.17) is 0 Å². The number of non-ortho nitro benzene ring substituents is 2. The van der Waals surface area contributed by atoms with Gasteiger partial charge in [0, 0.05) is 30.0 Å². The summed E-state index contributed by atoms with van der Waals surface area (Å²) in [5.41, 5.74) is 1.78. The van der Waals surface area contributed by atoms with Gasteiger partial charge in [-0.15, -0.1) is 0 Å². The van der Waals surface area contributed by atoms with Crippen LogP contribution in [-0.2, 0) is 0 Å². The number of aryl methyl sites for hydroxylation is 2. The molecule has 2 aromatic carbocycles. The molecule has 0 fully saturated rings. The maximum absolute atomic E-state index is 14.2. The van der Waals surface area contributed by atoms with E-state index in [9.17, 15) is 24.6 Å². The summed E-state index contributed by atoms with van der Waals surface area (Å²) < 4.78 is 14.2. The maximum Gasteiger partial charge on any atom is 0.271 e. The molecule has 0 bridgehead atoms. The lowest BCUT2D eigenvalue weighted by molar-refractivity contribution is -0.385. The van der Waals surface area contributed by atoms with Crippen molar-refractivity contribution in [3.8, 4) is 0 Å². The lowest BCUT2D eigenvalue weighted by atomic mass is 10.2.